The van der Waals surface area contributed by atoms with Crippen molar-refractivity contribution in [3.63, 3.8) is 0 Å². The van der Waals surface area contributed by atoms with Gasteiger partial charge in [-0.3, -0.25) is 9.59 Å². The van der Waals surface area contributed by atoms with E-state index in [1.54, 1.807) is 0 Å². The maximum Gasteiger partial charge on any atom is 0.306 e. The number of rotatable bonds is 44. The number of allylic oxidation sites excluding steroid dienone is 6. The molecule has 1 heterocycles. The van der Waals surface area contributed by atoms with Crippen LogP contribution in [0.1, 0.15) is 232 Å². The summed E-state index contributed by atoms with van der Waals surface area (Å²) in [6.45, 7) is 3.38. The third-order valence-electron chi connectivity index (χ3n) is 12.0. The largest absolute Gasteiger partial charge is 0.462 e. The number of carbonyl (C=O) groups excluding carboxylic acids is 2. The predicted molar refractivity (Wildman–Crippen MR) is 256 cm³/mol. The molecule has 0 amide bonds. The molecular weight excluding hydrogens is 797 g/mol. The fourth-order valence-electron chi connectivity index (χ4n) is 7.84. The molecule has 0 radical (unpaired) electrons. The lowest BCUT2D eigenvalue weighted by atomic mass is 9.99. The molecule has 63 heavy (non-hydrogen) atoms. The molecule has 0 aromatic carbocycles. The Morgan fingerprint density at radius 3 is 1.38 bits per heavy atom. The molecule has 1 aliphatic heterocycles. The van der Waals surface area contributed by atoms with E-state index in [1.165, 1.54) is 148 Å². The van der Waals surface area contributed by atoms with Gasteiger partial charge in [0.15, 0.2) is 12.4 Å². The van der Waals surface area contributed by atoms with Crippen LogP contribution < -0.4 is 0 Å². The normalized spacial score (nSPS) is 19.7. The fraction of sp³-hybridized carbons (Fsp3) is 0.849. The Kier molecular flexibility index (Phi) is 41.0. The van der Waals surface area contributed by atoms with Crippen LogP contribution in [0.2, 0.25) is 0 Å². The van der Waals surface area contributed by atoms with E-state index in [1.807, 2.05) is 0 Å². The van der Waals surface area contributed by atoms with Crippen LogP contribution in [0.15, 0.2) is 36.5 Å². The number of aliphatic hydroxyl groups is 4. The molecule has 2 unspecified atom stereocenters. The topological polar surface area (TPSA) is 152 Å². The number of hydrogen-bond acceptors (Lipinski definition) is 10. The average Bonchev–Trinajstić information content (AvgIpc) is 3.28. The summed E-state index contributed by atoms with van der Waals surface area (Å²) in [7, 11) is 0. The van der Waals surface area contributed by atoms with Gasteiger partial charge in [-0.2, -0.15) is 0 Å². The van der Waals surface area contributed by atoms with Gasteiger partial charge in [0.05, 0.1) is 13.2 Å². The third kappa shape index (κ3) is 34.9. The summed E-state index contributed by atoms with van der Waals surface area (Å²) in [5, 5.41) is 40.2. The first kappa shape index (κ1) is 58.9. The van der Waals surface area contributed by atoms with Gasteiger partial charge in [0.2, 0.25) is 0 Å². The highest BCUT2D eigenvalue weighted by atomic mass is 16.7. The molecule has 0 aromatic heterocycles. The second-order valence-corrected chi connectivity index (χ2v) is 18.0. The monoisotopic (exact) mass is 893 g/mol. The molecule has 1 aliphatic rings. The van der Waals surface area contributed by atoms with Crippen LogP contribution in [-0.4, -0.2) is 89.0 Å². The molecule has 0 aromatic rings. The van der Waals surface area contributed by atoms with Crippen molar-refractivity contribution >= 4 is 11.9 Å². The molecule has 6 atom stereocenters. The van der Waals surface area contributed by atoms with Gasteiger partial charge in [-0.25, -0.2) is 0 Å². The minimum atomic E-state index is -1.60. The van der Waals surface area contributed by atoms with Crippen LogP contribution in [-0.2, 0) is 28.5 Å². The van der Waals surface area contributed by atoms with Crippen LogP contribution in [0, 0.1) is 0 Å². The summed E-state index contributed by atoms with van der Waals surface area (Å²) >= 11 is 0. The van der Waals surface area contributed by atoms with E-state index in [0.29, 0.717) is 6.42 Å². The Morgan fingerprint density at radius 1 is 0.476 bits per heavy atom. The number of ether oxygens (including phenoxy) is 4. The minimum absolute atomic E-state index is 0.171. The lowest BCUT2D eigenvalue weighted by molar-refractivity contribution is -0.305. The van der Waals surface area contributed by atoms with Crippen LogP contribution in [0.4, 0.5) is 0 Å². The highest BCUT2D eigenvalue weighted by molar-refractivity contribution is 5.70. The summed E-state index contributed by atoms with van der Waals surface area (Å²) in [4.78, 5) is 25.4. The van der Waals surface area contributed by atoms with Crippen molar-refractivity contribution in [2.24, 2.45) is 0 Å². The summed E-state index contributed by atoms with van der Waals surface area (Å²) in [6, 6.07) is 0. The Morgan fingerprint density at radius 2 is 0.889 bits per heavy atom. The standard InChI is InChI=1S/C53H96O10/c1-3-5-7-9-11-13-15-17-19-20-21-22-23-24-25-26-28-30-32-34-36-38-40-42-49(56)62-46(45-61-53-52(59)51(58)50(57)47(43-54)63-53)44-60-48(55)41-39-37-35-33-31-29-27-18-16-14-12-10-8-6-4-2/h10,12,26,28,34,36,46-47,50-54,57-59H,3-9,11,13-25,27,29-33,35,37-45H2,1-2H3/b12-10+,28-26+,36-34+/t46-,47-,50+,51?,52?,53-/m1/s1. The van der Waals surface area contributed by atoms with E-state index in [-0.39, 0.29) is 32.0 Å². The second kappa shape index (κ2) is 43.8. The molecule has 1 fully saturated rings. The van der Waals surface area contributed by atoms with E-state index in [2.05, 4.69) is 50.3 Å². The predicted octanol–water partition coefficient (Wildman–Crippen LogP) is 12.2. The van der Waals surface area contributed by atoms with Crippen LogP contribution >= 0.6 is 0 Å². The maximum absolute atomic E-state index is 12.8. The Bertz CT molecular complexity index is 1120. The molecule has 0 bridgehead atoms. The molecule has 1 saturated heterocycles. The zero-order valence-corrected chi connectivity index (χ0v) is 40.3. The lowest BCUT2D eigenvalue weighted by Gasteiger charge is -2.39. The van der Waals surface area contributed by atoms with Crippen LogP contribution in [0.5, 0.6) is 0 Å². The van der Waals surface area contributed by atoms with Crippen molar-refractivity contribution in [3.8, 4) is 0 Å². The van der Waals surface area contributed by atoms with E-state index in [4.69, 9.17) is 18.9 Å². The molecule has 368 valence electrons. The molecule has 10 nitrogen and oxygen atoms in total. The van der Waals surface area contributed by atoms with Gasteiger partial charge in [-0.15, -0.1) is 0 Å². The molecule has 0 aliphatic carbocycles. The summed E-state index contributed by atoms with van der Waals surface area (Å²) in [5.41, 5.74) is 0. The van der Waals surface area contributed by atoms with E-state index in [0.717, 1.165) is 51.4 Å². The highest BCUT2D eigenvalue weighted by Gasteiger charge is 2.44. The smallest absolute Gasteiger partial charge is 0.306 e. The Balaban J connectivity index is 2.27. The maximum atomic E-state index is 12.8. The zero-order valence-electron chi connectivity index (χ0n) is 40.3. The average molecular weight is 893 g/mol. The second-order valence-electron chi connectivity index (χ2n) is 18.0. The van der Waals surface area contributed by atoms with Gasteiger partial charge < -0.3 is 39.4 Å². The Labute approximate surface area is 385 Å². The minimum Gasteiger partial charge on any atom is -0.462 e. The van der Waals surface area contributed by atoms with Crippen LogP contribution in [0.25, 0.3) is 0 Å². The van der Waals surface area contributed by atoms with Crippen molar-refractivity contribution < 1.29 is 49.0 Å². The number of hydrogen-bond donors (Lipinski definition) is 4. The van der Waals surface area contributed by atoms with E-state index in [9.17, 15) is 30.0 Å². The highest BCUT2D eigenvalue weighted by Crippen LogP contribution is 2.23. The first-order chi connectivity index (χ1) is 30.8. The van der Waals surface area contributed by atoms with Gasteiger partial charge in [-0.05, 0) is 64.2 Å². The van der Waals surface area contributed by atoms with Gasteiger partial charge in [0.1, 0.15) is 31.0 Å². The third-order valence-corrected chi connectivity index (χ3v) is 12.0. The van der Waals surface area contributed by atoms with Gasteiger partial charge in [-0.1, -0.05) is 192 Å². The molecular formula is C53H96O10. The summed E-state index contributed by atoms with van der Waals surface area (Å²) < 4.78 is 22.2. The Hall–Kier alpha value is -2.08. The van der Waals surface area contributed by atoms with Crippen molar-refractivity contribution in [2.75, 3.05) is 19.8 Å². The van der Waals surface area contributed by atoms with Gasteiger partial charge in [0, 0.05) is 12.8 Å². The molecule has 0 spiro atoms. The summed E-state index contributed by atoms with van der Waals surface area (Å²) in [6.07, 6.45) is 44.5. The number of carbonyl (C=O) groups is 2. The lowest BCUT2D eigenvalue weighted by Crippen LogP contribution is -2.59. The SMILES string of the molecule is CCCC/C=C/CCCCCCCCCCCC(=O)OC[C@H](CO[C@@H]1O[C@H](CO)[C@H](O)C(O)C1O)OC(=O)CCC/C=C/CC/C=C/CCCCCCCCCCCCCCCC. The zero-order chi connectivity index (χ0) is 45.9. The number of unbranched alkanes of at least 4 members (excludes halogenated alkanes) is 27. The number of aliphatic hydroxyl groups excluding tert-OH is 4. The first-order valence-electron chi connectivity index (χ1n) is 26.1. The van der Waals surface area contributed by atoms with Crippen molar-refractivity contribution in [2.45, 2.75) is 269 Å². The fourth-order valence-corrected chi connectivity index (χ4v) is 7.84. The van der Waals surface area contributed by atoms with Crippen molar-refractivity contribution in [3.05, 3.63) is 36.5 Å². The molecule has 1 rings (SSSR count). The van der Waals surface area contributed by atoms with Gasteiger partial charge in [0.25, 0.3) is 0 Å². The van der Waals surface area contributed by atoms with Gasteiger partial charge >= 0.3 is 11.9 Å². The van der Waals surface area contributed by atoms with Crippen LogP contribution in [0.3, 0.4) is 0 Å². The molecule has 10 heteroatoms. The quantitative estimate of drug-likeness (QED) is 0.0264. The van der Waals surface area contributed by atoms with E-state index < -0.39 is 49.4 Å². The summed E-state index contributed by atoms with van der Waals surface area (Å²) in [5.74, 6) is -0.852. The van der Waals surface area contributed by atoms with Crippen molar-refractivity contribution in [1.82, 2.24) is 0 Å². The first-order valence-corrected chi connectivity index (χ1v) is 26.1. The molecule has 4 N–H and O–H groups in total. The van der Waals surface area contributed by atoms with Crippen molar-refractivity contribution in [1.29, 1.82) is 0 Å². The molecule has 0 saturated carbocycles. The van der Waals surface area contributed by atoms with E-state index >= 15 is 0 Å². The number of esters is 2.